The van der Waals surface area contributed by atoms with Gasteiger partial charge in [0.05, 0.1) is 0 Å². The smallest absolute Gasteiger partial charge is 0.106 e. The van der Waals surface area contributed by atoms with Gasteiger partial charge >= 0.3 is 0 Å². The van der Waals surface area contributed by atoms with Gasteiger partial charge in [0.1, 0.15) is 4.99 Å². The molecule has 1 saturated carbocycles. The monoisotopic (exact) mass is 314 g/mol. The Labute approximate surface area is 129 Å². The van der Waals surface area contributed by atoms with E-state index < -0.39 is 0 Å². The van der Waals surface area contributed by atoms with E-state index in [1.54, 1.807) is 0 Å². The van der Waals surface area contributed by atoms with Crippen LogP contribution in [0.3, 0.4) is 0 Å². The van der Waals surface area contributed by atoms with Gasteiger partial charge in [0.2, 0.25) is 0 Å². The average Bonchev–Trinajstić information content (AvgIpc) is 2.38. The molecule has 0 aliphatic heterocycles. The zero-order valence-corrected chi connectivity index (χ0v) is 13.4. The molecule has 3 N–H and O–H groups in total. The first-order valence-electron chi connectivity index (χ1n) is 6.49. The number of hydrogen-bond donors (Lipinski definition) is 2. The van der Waals surface area contributed by atoms with Gasteiger partial charge < -0.3 is 11.1 Å². The Bertz CT molecular complexity index is 465. The van der Waals surface area contributed by atoms with Crippen LogP contribution in [0, 0.1) is 0 Å². The molecule has 0 bridgehead atoms. The lowest BCUT2D eigenvalue weighted by molar-refractivity contribution is 0.473. The van der Waals surface area contributed by atoms with Crippen LogP contribution in [0.2, 0.25) is 5.02 Å². The quantitative estimate of drug-likeness (QED) is 0.822. The van der Waals surface area contributed by atoms with Gasteiger partial charge in [0.25, 0.3) is 0 Å². The predicted octanol–water partition coefficient (Wildman–Crippen LogP) is 4.06. The van der Waals surface area contributed by atoms with Gasteiger partial charge in [0.15, 0.2) is 0 Å². The molecule has 2 nitrogen and oxygen atoms in total. The van der Waals surface area contributed by atoms with E-state index >= 15 is 0 Å². The van der Waals surface area contributed by atoms with Gasteiger partial charge in [0, 0.05) is 27.6 Å². The van der Waals surface area contributed by atoms with Crippen LogP contribution in [0.4, 0.5) is 5.69 Å². The van der Waals surface area contributed by atoms with Crippen LogP contribution >= 0.6 is 35.6 Å². The van der Waals surface area contributed by atoms with Crippen LogP contribution in [0.5, 0.6) is 0 Å². The predicted molar refractivity (Wildman–Crippen MR) is 90.5 cm³/mol. The van der Waals surface area contributed by atoms with Crippen molar-refractivity contribution in [3.05, 3.63) is 28.8 Å². The van der Waals surface area contributed by atoms with Crippen LogP contribution in [-0.4, -0.2) is 22.5 Å². The Hall–Kier alpha value is -0.450. The molecule has 1 aromatic carbocycles. The molecule has 0 spiro atoms. The molecule has 2 rings (SSSR count). The number of rotatable bonds is 4. The first-order chi connectivity index (χ1) is 9.10. The molecule has 5 heteroatoms. The maximum absolute atomic E-state index is 6.07. The molecule has 104 valence electrons. The highest BCUT2D eigenvalue weighted by Gasteiger charge is 2.22. The van der Waals surface area contributed by atoms with Crippen molar-refractivity contribution in [2.45, 2.75) is 37.0 Å². The lowest BCUT2D eigenvalue weighted by Gasteiger charge is -2.30. The topological polar surface area (TPSA) is 38.0 Å². The number of thiocarbonyl (C=S) groups is 1. The molecule has 2 unspecified atom stereocenters. The highest BCUT2D eigenvalue weighted by molar-refractivity contribution is 7.99. The minimum Gasteiger partial charge on any atom is -0.389 e. The number of hydrogen-bond acceptors (Lipinski definition) is 3. The standard InChI is InChI=1S/C14H19ClN2S2/c1-19-11-4-2-3-10(8-11)17-13-7-9(15)5-6-12(13)14(16)18/h5-7,10-11,17H,2-4,8H2,1H3,(H2,16,18). The van der Waals surface area contributed by atoms with Crippen LogP contribution in [0.15, 0.2) is 18.2 Å². The maximum Gasteiger partial charge on any atom is 0.106 e. The summed E-state index contributed by atoms with van der Waals surface area (Å²) >= 11 is 13.1. The molecule has 0 heterocycles. The zero-order chi connectivity index (χ0) is 13.8. The van der Waals surface area contributed by atoms with Crippen molar-refractivity contribution in [2.24, 2.45) is 5.73 Å². The number of anilines is 1. The van der Waals surface area contributed by atoms with E-state index in [-0.39, 0.29) is 0 Å². The molecule has 0 aromatic heterocycles. The summed E-state index contributed by atoms with van der Waals surface area (Å²) < 4.78 is 0. The fraction of sp³-hybridized carbons (Fsp3) is 0.500. The SMILES string of the molecule is CSC1CCCC(Nc2cc(Cl)ccc2C(N)=S)C1. The van der Waals surface area contributed by atoms with E-state index in [4.69, 9.17) is 29.6 Å². The Morgan fingerprint density at radius 3 is 2.95 bits per heavy atom. The van der Waals surface area contributed by atoms with E-state index in [9.17, 15) is 0 Å². The third kappa shape index (κ3) is 4.01. The van der Waals surface area contributed by atoms with Crippen molar-refractivity contribution in [1.82, 2.24) is 0 Å². The van der Waals surface area contributed by atoms with Crippen molar-refractivity contribution in [3.8, 4) is 0 Å². The van der Waals surface area contributed by atoms with Crippen molar-refractivity contribution < 1.29 is 0 Å². The first kappa shape index (κ1) is 14.9. The van der Waals surface area contributed by atoms with Crippen molar-refractivity contribution >= 4 is 46.3 Å². The van der Waals surface area contributed by atoms with E-state index in [0.29, 0.717) is 16.1 Å². The second-order valence-corrected chi connectivity index (χ2v) is 6.93. The molecule has 1 aliphatic carbocycles. The van der Waals surface area contributed by atoms with Crippen molar-refractivity contribution in [2.75, 3.05) is 11.6 Å². The fourth-order valence-corrected chi connectivity index (χ4v) is 3.74. The Morgan fingerprint density at radius 2 is 2.26 bits per heavy atom. The van der Waals surface area contributed by atoms with Gasteiger partial charge in [-0.25, -0.2) is 0 Å². The Kier molecular flexibility index (Phi) is 5.37. The lowest BCUT2D eigenvalue weighted by Crippen LogP contribution is -2.29. The van der Waals surface area contributed by atoms with E-state index in [2.05, 4.69) is 11.6 Å². The van der Waals surface area contributed by atoms with Gasteiger partial charge in [-0.1, -0.05) is 30.2 Å². The summed E-state index contributed by atoms with van der Waals surface area (Å²) in [6, 6.07) is 6.12. The third-order valence-electron chi connectivity index (χ3n) is 3.57. The van der Waals surface area contributed by atoms with Crippen LogP contribution in [0.1, 0.15) is 31.2 Å². The summed E-state index contributed by atoms with van der Waals surface area (Å²) in [5.74, 6) is 0. The van der Waals surface area contributed by atoms with E-state index in [1.807, 2.05) is 30.0 Å². The summed E-state index contributed by atoms with van der Waals surface area (Å²) in [4.78, 5) is 0.413. The summed E-state index contributed by atoms with van der Waals surface area (Å²) in [5.41, 5.74) is 7.61. The van der Waals surface area contributed by atoms with Crippen molar-refractivity contribution in [3.63, 3.8) is 0 Å². The molecule has 2 atom stereocenters. The van der Waals surface area contributed by atoms with Gasteiger partial charge in [-0.05, 0) is 43.7 Å². The molecule has 19 heavy (non-hydrogen) atoms. The molecule has 0 radical (unpaired) electrons. The van der Waals surface area contributed by atoms with Gasteiger partial charge in [-0.3, -0.25) is 0 Å². The summed E-state index contributed by atoms with van der Waals surface area (Å²) in [6.07, 6.45) is 7.15. The third-order valence-corrected chi connectivity index (χ3v) is 5.12. The van der Waals surface area contributed by atoms with Crippen LogP contribution in [-0.2, 0) is 0 Å². The number of benzene rings is 1. The summed E-state index contributed by atoms with van der Waals surface area (Å²) in [6.45, 7) is 0. The highest BCUT2D eigenvalue weighted by Crippen LogP contribution is 2.30. The number of nitrogens with two attached hydrogens (primary N) is 1. The van der Waals surface area contributed by atoms with Crippen molar-refractivity contribution in [1.29, 1.82) is 0 Å². The summed E-state index contributed by atoms with van der Waals surface area (Å²) in [5, 5.41) is 5.03. The molecule has 0 amide bonds. The van der Waals surface area contributed by atoms with Gasteiger partial charge in [-0.2, -0.15) is 11.8 Å². The Morgan fingerprint density at radius 1 is 1.47 bits per heavy atom. The van der Waals surface area contributed by atoms with Crippen LogP contribution in [0.25, 0.3) is 0 Å². The lowest BCUT2D eigenvalue weighted by atomic mass is 9.94. The Balaban J connectivity index is 2.13. The molecule has 0 saturated heterocycles. The molecule has 1 fully saturated rings. The second kappa shape index (κ2) is 6.82. The van der Waals surface area contributed by atoms with E-state index in [0.717, 1.165) is 16.5 Å². The molecule has 1 aromatic rings. The fourth-order valence-electron chi connectivity index (χ4n) is 2.56. The van der Waals surface area contributed by atoms with E-state index in [1.165, 1.54) is 25.7 Å². The minimum absolute atomic E-state index is 0.413. The van der Waals surface area contributed by atoms with Crippen LogP contribution < -0.4 is 11.1 Å². The average molecular weight is 315 g/mol. The maximum atomic E-state index is 6.07. The minimum atomic E-state index is 0.413. The number of thioether (sulfide) groups is 1. The number of halogens is 1. The normalized spacial score (nSPS) is 23.1. The summed E-state index contributed by atoms with van der Waals surface area (Å²) in [7, 11) is 0. The van der Waals surface area contributed by atoms with Gasteiger partial charge in [-0.15, -0.1) is 0 Å². The highest BCUT2D eigenvalue weighted by atomic mass is 35.5. The second-order valence-electron chi connectivity index (χ2n) is 4.92. The molecular weight excluding hydrogens is 296 g/mol. The first-order valence-corrected chi connectivity index (χ1v) is 8.56. The number of nitrogens with one attached hydrogen (secondary N) is 1. The molecule has 1 aliphatic rings. The largest absolute Gasteiger partial charge is 0.389 e. The molecular formula is C14H19ClN2S2. The zero-order valence-electron chi connectivity index (χ0n) is 11.0.